The number of alkyl halides is 10. The number of hydrogen-bond acceptors (Lipinski definition) is 20. The van der Waals surface area contributed by atoms with E-state index in [1.807, 2.05) is 88.4 Å². The van der Waals surface area contributed by atoms with Crippen LogP contribution >= 0.6 is 0 Å². The third-order valence-corrected chi connectivity index (χ3v) is 23.2. The minimum Gasteiger partial charge on any atom is -0.333 e. The Hall–Kier alpha value is -11.5. The molecule has 6 fully saturated rings. The molecule has 0 aromatic carbocycles. The second-order valence-corrected chi connectivity index (χ2v) is 34.0. The van der Waals surface area contributed by atoms with E-state index in [1.54, 1.807) is 73.9 Å². The lowest BCUT2D eigenvalue weighted by Gasteiger charge is -2.34. The number of nitrogens with one attached hydrogen (secondary N) is 4. The van der Waals surface area contributed by atoms with Gasteiger partial charge in [0.2, 0.25) is 53.8 Å². The van der Waals surface area contributed by atoms with Crippen molar-refractivity contribution >= 4 is 92.5 Å². The molecule has 8 unspecified atom stereocenters. The Morgan fingerprint density at radius 2 is 0.820 bits per heavy atom. The van der Waals surface area contributed by atoms with Crippen molar-refractivity contribution in [1.29, 1.82) is 0 Å². The molecule has 8 aromatic rings. The zero-order valence-corrected chi connectivity index (χ0v) is 68.2. The van der Waals surface area contributed by atoms with Crippen LogP contribution in [0.2, 0.25) is 0 Å². The number of anilines is 8. The molecule has 8 aromatic heterocycles. The van der Waals surface area contributed by atoms with E-state index in [9.17, 15) is 63.1 Å². The first-order valence-electron chi connectivity index (χ1n) is 41.6. The van der Waals surface area contributed by atoms with Crippen LogP contribution in [-0.2, 0) is 39.3 Å². The fourth-order valence-electron chi connectivity index (χ4n) is 17.5. The molecule has 28 nitrogen and oxygen atoms in total. The van der Waals surface area contributed by atoms with Crippen LogP contribution in [-0.4, -0.2) is 195 Å². The maximum atomic E-state index is 13.4. The van der Waals surface area contributed by atoms with E-state index in [2.05, 4.69) is 115 Å². The standard InChI is InChI=1S/C23H28F2N6O.C21H23F3N6O.C21H25F3N6O.C19H22F2N6O/c1-22(2,3)13-30-12-15(11-27-30)28-21-26-7-6-19(29-21)14-8-16-4-5-17(9-14)31(16)20(32)18-10-23(18,24)25;22-21(23,24)7-5-19(31)30-16-3-4-17(30)10-13(9-16)18-6-8-25-20(28-18)27-14-11-26-29(12-14)15-1-2-15;1-2-9-29-13-15(12-26-29)27-20-25-8-6-18(28-20)14-10-16-3-4-17(11-14)30(16)19(31)5-7-21(22,23)24;1-26-11-13(10-23-26)24-19-22-7-6-16(25-19)12-8-14-2-3-15(9-12)27(14)18(28)5-4-17(20)21/h6-8,11-12,16-18H,4-5,9-10,13H2,1-3H3,(H,26,28,29);6,8-9,11-12,15-17H,1-5,7,10H2,(H,25,27,28);6,8,10,12-13,16-17H,2-5,7,9,11H2,1H3,(H,25,27,28);6-8,10-11,14-15,17H,2-5,9H2,1H3,(H,22,24,25)/t16?,17?,18-;;;/m0.../s1. The van der Waals surface area contributed by atoms with Gasteiger partial charge in [-0.1, -0.05) is 52.0 Å². The summed E-state index contributed by atoms with van der Waals surface area (Å²) in [5, 5.41) is 29.8. The highest BCUT2D eigenvalue weighted by Crippen LogP contribution is 2.52. The van der Waals surface area contributed by atoms with Gasteiger partial charge in [-0.15, -0.1) is 0 Å². The number of hydrogen-bond donors (Lipinski definition) is 4. The SMILES string of the molecule is CC(C)(C)Cn1cc(Nc2nccc(C3=CC4CCC(C3)N4C(=O)[C@@H]3CC3(F)F)n2)cn1.CCCn1cc(Nc2nccc(C3=CC4CCC(C3)N4C(=O)CCC(F)(F)F)n2)cn1.Cn1cc(Nc2nccc(C3=CC4CCC(C3)N4C(=O)CCC(F)F)n2)cn1.O=C(CCC(F)(F)F)N1C2C=C(c3ccnc(Nc4cnn(C5CC5)c4)n3)CC1CC2. The topological polar surface area (TPSA) is 304 Å². The summed E-state index contributed by atoms with van der Waals surface area (Å²) in [5.41, 5.74) is 10.6. The maximum absolute atomic E-state index is 13.4. The first-order valence-corrected chi connectivity index (χ1v) is 41.6. The summed E-state index contributed by atoms with van der Waals surface area (Å²) < 4.78 is 134. The Morgan fingerprint density at radius 1 is 0.467 bits per heavy atom. The largest absolute Gasteiger partial charge is 0.389 e. The number of aromatic nitrogens is 16. The van der Waals surface area contributed by atoms with Gasteiger partial charge in [-0.2, -0.15) is 46.7 Å². The second kappa shape index (κ2) is 35.9. The fraction of sp³-hybridized carbons (Fsp3) is 0.524. The summed E-state index contributed by atoms with van der Waals surface area (Å²) in [6, 6.07) is 7.20. The van der Waals surface area contributed by atoms with Crippen molar-refractivity contribution in [3.05, 3.63) is 146 Å². The van der Waals surface area contributed by atoms with E-state index in [0.717, 1.165) is 152 Å². The number of aryl methyl sites for hydroxylation is 2. The van der Waals surface area contributed by atoms with Gasteiger partial charge in [-0.25, -0.2) is 57.4 Å². The summed E-state index contributed by atoms with van der Waals surface area (Å²) in [6.07, 6.45) is 26.6. The Morgan fingerprint density at radius 3 is 1.17 bits per heavy atom. The third-order valence-electron chi connectivity index (χ3n) is 23.2. The molecule has 4 amide bonds. The van der Waals surface area contributed by atoms with E-state index in [0.29, 0.717) is 55.5 Å². The number of halogens is 10. The van der Waals surface area contributed by atoms with Crippen molar-refractivity contribution < 1.29 is 63.1 Å². The zero-order valence-electron chi connectivity index (χ0n) is 68.2. The molecule has 648 valence electrons. The third kappa shape index (κ3) is 21.5. The average Bonchev–Trinajstić information content (AvgIpc) is 1.98. The van der Waals surface area contributed by atoms with Gasteiger partial charge in [-0.05, 0) is 148 Å². The first-order chi connectivity index (χ1) is 58.3. The predicted molar refractivity (Wildman–Crippen MR) is 433 cm³/mol. The number of amides is 4. The lowest BCUT2D eigenvalue weighted by molar-refractivity contribution is -0.150. The van der Waals surface area contributed by atoms with Crippen molar-refractivity contribution in [3.8, 4) is 0 Å². The predicted octanol–water partition coefficient (Wildman–Crippen LogP) is 16.0. The van der Waals surface area contributed by atoms with Gasteiger partial charge in [0, 0.05) is 126 Å². The van der Waals surface area contributed by atoms with Crippen LogP contribution in [0.1, 0.15) is 198 Å². The van der Waals surface area contributed by atoms with Gasteiger partial charge in [0.05, 0.1) is 113 Å². The van der Waals surface area contributed by atoms with E-state index in [-0.39, 0.29) is 78.9 Å². The molecule has 2 saturated carbocycles. The monoisotopic (exact) mass is 1700 g/mol. The van der Waals surface area contributed by atoms with Gasteiger partial charge in [0.25, 0.3) is 5.92 Å². The summed E-state index contributed by atoms with van der Waals surface area (Å²) in [7, 11) is 1.83. The van der Waals surface area contributed by atoms with E-state index in [1.165, 1.54) is 0 Å². The molecule has 10 aliphatic rings. The van der Waals surface area contributed by atoms with Crippen molar-refractivity contribution in [2.75, 3.05) is 21.3 Å². The number of fused-ring (bicyclic) bond motifs is 8. The number of rotatable bonds is 24. The Bertz CT molecular complexity index is 5220. The van der Waals surface area contributed by atoms with Crippen LogP contribution in [0.3, 0.4) is 0 Å². The summed E-state index contributed by atoms with van der Waals surface area (Å²) in [4.78, 5) is 92.2. The normalized spacial score (nSPS) is 22.8. The lowest BCUT2D eigenvalue weighted by Crippen LogP contribution is -2.44. The Kier molecular flexibility index (Phi) is 25.2. The van der Waals surface area contributed by atoms with Crippen LogP contribution in [0.25, 0.3) is 22.3 Å². The first kappa shape index (κ1) is 85.5. The van der Waals surface area contributed by atoms with Crippen LogP contribution in [0.4, 0.5) is 90.4 Å². The minimum absolute atomic E-state index is 0.0362. The van der Waals surface area contributed by atoms with Crippen molar-refractivity contribution in [3.63, 3.8) is 0 Å². The van der Waals surface area contributed by atoms with Gasteiger partial charge >= 0.3 is 12.4 Å². The molecule has 8 bridgehead atoms. The molecule has 2 aliphatic carbocycles. The van der Waals surface area contributed by atoms with E-state index < -0.39 is 74.0 Å². The quantitative estimate of drug-likeness (QED) is 0.0409. The Balaban J connectivity index is 0.000000126. The van der Waals surface area contributed by atoms with Crippen LogP contribution in [0, 0.1) is 11.3 Å². The highest BCUT2D eigenvalue weighted by Gasteiger charge is 2.64. The van der Waals surface area contributed by atoms with E-state index in [4.69, 9.17) is 0 Å². The zero-order chi connectivity index (χ0) is 85.9. The smallest absolute Gasteiger partial charge is 0.333 e. The highest BCUT2D eigenvalue weighted by atomic mass is 19.4. The molecule has 0 spiro atoms. The van der Waals surface area contributed by atoms with Gasteiger partial charge in [0.15, 0.2) is 0 Å². The molecule has 16 heterocycles. The van der Waals surface area contributed by atoms with Crippen molar-refractivity contribution in [1.82, 2.24) is 98.6 Å². The van der Waals surface area contributed by atoms with Gasteiger partial charge < -0.3 is 40.9 Å². The molecule has 9 atom stereocenters. The lowest BCUT2D eigenvalue weighted by atomic mass is 9.97. The molecular weight excluding hydrogens is 1600 g/mol. The molecule has 4 N–H and O–H groups in total. The molecule has 4 saturated heterocycles. The average molecular weight is 1700 g/mol. The maximum Gasteiger partial charge on any atom is 0.389 e. The number of nitrogens with zero attached hydrogens (tertiary/aromatic N) is 20. The molecule has 8 aliphatic heterocycles. The summed E-state index contributed by atoms with van der Waals surface area (Å²) in [6.45, 7) is 10.2. The van der Waals surface area contributed by atoms with Crippen molar-refractivity contribution in [2.45, 2.75) is 261 Å². The summed E-state index contributed by atoms with van der Waals surface area (Å²) in [5.74, 6) is -3.50. The van der Waals surface area contributed by atoms with Gasteiger partial charge in [-0.3, -0.25) is 37.9 Å². The van der Waals surface area contributed by atoms with Crippen LogP contribution in [0.15, 0.2) is 123 Å². The Labute approximate surface area is 697 Å². The molecular formula is C84H98F10N24O4. The molecule has 122 heavy (non-hydrogen) atoms. The highest BCUT2D eigenvalue weighted by molar-refractivity contribution is 5.86. The van der Waals surface area contributed by atoms with Crippen LogP contribution < -0.4 is 21.3 Å². The number of carbonyl (C=O) groups is 4. The second-order valence-electron chi connectivity index (χ2n) is 34.0. The van der Waals surface area contributed by atoms with Crippen LogP contribution in [0.5, 0.6) is 0 Å². The number of carbonyl (C=O) groups excluding carboxylic acids is 4. The van der Waals surface area contributed by atoms with Gasteiger partial charge in [0.1, 0.15) is 5.92 Å². The molecule has 0 radical (unpaired) electrons. The fourth-order valence-corrected chi connectivity index (χ4v) is 17.5. The van der Waals surface area contributed by atoms with E-state index >= 15 is 0 Å². The summed E-state index contributed by atoms with van der Waals surface area (Å²) >= 11 is 0. The minimum atomic E-state index is -4.32. The van der Waals surface area contributed by atoms with Crippen molar-refractivity contribution in [2.24, 2.45) is 18.4 Å². The molecule has 38 heteroatoms. The molecule has 18 rings (SSSR count).